The topological polar surface area (TPSA) is 20.2 Å². The number of rotatable bonds is 0. The van der Waals surface area contributed by atoms with Gasteiger partial charge in [0.2, 0.25) is 0 Å². The van der Waals surface area contributed by atoms with Crippen molar-refractivity contribution in [2.45, 2.75) is 38.2 Å². The summed E-state index contributed by atoms with van der Waals surface area (Å²) in [5.41, 5.74) is 0. The van der Waals surface area contributed by atoms with E-state index in [1.165, 1.54) is 19.3 Å². The van der Waals surface area contributed by atoms with E-state index < -0.39 is 0 Å². The van der Waals surface area contributed by atoms with Gasteiger partial charge in [0.25, 0.3) is 0 Å². The molecule has 12 heavy (non-hydrogen) atoms. The first-order chi connectivity index (χ1) is 3.39. The van der Waals surface area contributed by atoms with Gasteiger partial charge in [-0.05, 0) is 12.8 Å². The summed E-state index contributed by atoms with van der Waals surface area (Å²) in [7, 11) is 0. The van der Waals surface area contributed by atoms with Gasteiger partial charge in [-0.25, -0.2) is 0 Å². The van der Waals surface area contributed by atoms with Crippen molar-refractivity contribution >= 4 is 12.4 Å². The van der Waals surface area contributed by atoms with Crippen molar-refractivity contribution in [1.29, 1.82) is 0 Å². The Bertz CT molecular complexity index is 56.5. The molecule has 0 spiro atoms. The summed E-state index contributed by atoms with van der Waals surface area (Å²) in [5.74, 6) is 0. The van der Waals surface area contributed by atoms with Crippen LogP contribution in [-0.4, -0.2) is 11.2 Å². The molecule has 1 fully saturated rings. The first kappa shape index (κ1) is 29.3. The van der Waals surface area contributed by atoms with E-state index in [1.807, 2.05) is 0 Å². The fourth-order valence-corrected chi connectivity index (χ4v) is 1.08. The van der Waals surface area contributed by atoms with Crippen LogP contribution in [0, 0.1) is 22.3 Å². The Hall–Kier alpha value is 0.964. The molecule has 1 aliphatic rings. The zero-order chi connectivity index (χ0) is 5.11. The number of hydrogen-bond donors (Lipinski definition) is 1. The third-order valence-electron chi connectivity index (χ3n) is 1.57. The van der Waals surface area contributed by atoms with Crippen LogP contribution in [0.15, 0.2) is 0 Å². The van der Waals surface area contributed by atoms with Crippen LogP contribution >= 0.6 is 12.4 Å². The van der Waals surface area contributed by atoms with Crippen molar-refractivity contribution in [3.8, 4) is 0 Å². The Kier molecular flexibility index (Phi) is 43.6. The molecule has 0 aromatic carbocycles. The standard InChI is InChI=1S/C6H12O.3CH3.ClH.Ti/c7-6-4-2-1-3-5-6;;;;;/h6-7H,1-5H2;3*1H3;1H;/q;3*-1;;+3. The molecule has 1 rings (SSSR count). The van der Waals surface area contributed by atoms with E-state index in [4.69, 9.17) is 5.11 Å². The maximum Gasteiger partial charge on any atom is 3.00 e. The van der Waals surface area contributed by atoms with Crippen LogP contribution in [0.5, 0.6) is 0 Å². The number of aliphatic hydroxyl groups excluding tert-OH is 1. The van der Waals surface area contributed by atoms with E-state index in [0.29, 0.717) is 0 Å². The SMILES string of the molecule is Cl.OC1CCCCC1.[CH3-].[CH3-].[CH3-].[Ti+3]. The van der Waals surface area contributed by atoms with Gasteiger partial charge in [-0.15, -0.1) is 12.4 Å². The van der Waals surface area contributed by atoms with E-state index in [9.17, 15) is 0 Å². The van der Waals surface area contributed by atoms with E-state index in [0.717, 1.165) is 12.8 Å². The minimum Gasteiger partial charge on any atom is -0.393 e. The predicted octanol–water partition coefficient (Wildman–Crippen LogP) is 3.08. The van der Waals surface area contributed by atoms with Crippen molar-refractivity contribution in [1.82, 2.24) is 0 Å². The average Bonchev–Trinajstić information content (AvgIpc) is 1.69. The third-order valence-corrected chi connectivity index (χ3v) is 1.57. The molecule has 0 atom stereocenters. The van der Waals surface area contributed by atoms with Crippen molar-refractivity contribution in [3.05, 3.63) is 22.3 Å². The molecule has 0 aromatic rings. The summed E-state index contributed by atoms with van der Waals surface area (Å²) >= 11 is 0. The van der Waals surface area contributed by atoms with Crippen LogP contribution in [0.1, 0.15) is 32.1 Å². The Balaban J connectivity index is -0.0000000327. The van der Waals surface area contributed by atoms with E-state index in [-0.39, 0.29) is 62.5 Å². The minimum atomic E-state index is 0. The summed E-state index contributed by atoms with van der Waals surface area (Å²) in [5, 5.41) is 8.91. The maximum absolute atomic E-state index is 8.91. The average molecular weight is 230 g/mol. The first-order valence-corrected chi connectivity index (χ1v) is 3.07. The second-order valence-corrected chi connectivity index (χ2v) is 2.29. The summed E-state index contributed by atoms with van der Waals surface area (Å²) in [4.78, 5) is 0. The van der Waals surface area contributed by atoms with E-state index >= 15 is 0 Å². The summed E-state index contributed by atoms with van der Waals surface area (Å²) < 4.78 is 0. The fourth-order valence-electron chi connectivity index (χ4n) is 1.08. The van der Waals surface area contributed by atoms with Gasteiger partial charge in [-0.1, -0.05) is 19.3 Å². The summed E-state index contributed by atoms with van der Waals surface area (Å²) in [6, 6.07) is 0. The molecule has 0 unspecified atom stereocenters. The molecule has 1 radical (unpaired) electrons. The fraction of sp³-hybridized carbons (Fsp3) is 0.667. The smallest absolute Gasteiger partial charge is 0.393 e. The van der Waals surface area contributed by atoms with Crippen LogP contribution < -0.4 is 0 Å². The molecule has 1 nitrogen and oxygen atoms in total. The Morgan fingerprint density at radius 3 is 1.33 bits per heavy atom. The monoisotopic (exact) mass is 229 g/mol. The number of hydrogen-bond acceptors (Lipinski definition) is 1. The van der Waals surface area contributed by atoms with Crippen LogP contribution in [-0.2, 0) is 21.7 Å². The van der Waals surface area contributed by atoms with Crippen molar-refractivity contribution in [3.63, 3.8) is 0 Å². The molecule has 1 N–H and O–H groups in total. The van der Waals surface area contributed by atoms with Gasteiger partial charge in [0.05, 0.1) is 6.10 Å². The summed E-state index contributed by atoms with van der Waals surface area (Å²) in [6.45, 7) is 0. The van der Waals surface area contributed by atoms with Gasteiger partial charge in [0.1, 0.15) is 0 Å². The molecule has 0 saturated heterocycles. The van der Waals surface area contributed by atoms with Crippen LogP contribution in [0.25, 0.3) is 0 Å². The van der Waals surface area contributed by atoms with Gasteiger partial charge in [-0.2, -0.15) is 0 Å². The normalized spacial score (nSPS) is 14.8. The van der Waals surface area contributed by atoms with E-state index in [1.54, 1.807) is 0 Å². The number of aliphatic hydroxyl groups is 1. The molecule has 75 valence electrons. The third kappa shape index (κ3) is 13.5. The van der Waals surface area contributed by atoms with Gasteiger partial charge in [-0.3, -0.25) is 0 Å². The van der Waals surface area contributed by atoms with Crippen molar-refractivity contribution in [2.24, 2.45) is 0 Å². The van der Waals surface area contributed by atoms with Crippen LogP contribution in [0.2, 0.25) is 0 Å². The molecule has 0 amide bonds. The Labute approximate surface area is 99.6 Å². The van der Waals surface area contributed by atoms with Crippen LogP contribution in [0.4, 0.5) is 0 Å². The Morgan fingerprint density at radius 2 is 1.17 bits per heavy atom. The second-order valence-electron chi connectivity index (χ2n) is 2.29. The molecule has 1 aliphatic carbocycles. The molecule has 0 aromatic heterocycles. The molecule has 0 aliphatic heterocycles. The molecule has 0 heterocycles. The maximum atomic E-state index is 8.91. The van der Waals surface area contributed by atoms with Crippen molar-refractivity contribution in [2.75, 3.05) is 0 Å². The molecule has 1 saturated carbocycles. The zero-order valence-electron chi connectivity index (χ0n) is 8.47. The first-order valence-electron chi connectivity index (χ1n) is 3.07. The molecule has 3 heteroatoms. The van der Waals surface area contributed by atoms with Gasteiger partial charge < -0.3 is 27.4 Å². The quantitative estimate of drug-likeness (QED) is 0.500. The molecule has 0 bridgehead atoms. The minimum absolute atomic E-state index is 0. The Morgan fingerprint density at radius 1 is 0.833 bits per heavy atom. The van der Waals surface area contributed by atoms with Gasteiger partial charge in [0, 0.05) is 0 Å². The summed E-state index contributed by atoms with van der Waals surface area (Å²) in [6.07, 6.45) is 5.92. The zero-order valence-corrected chi connectivity index (χ0v) is 10.8. The number of halogens is 1. The van der Waals surface area contributed by atoms with E-state index in [2.05, 4.69) is 0 Å². The largest absolute Gasteiger partial charge is 3.00 e. The molecular formula is C9H22ClOTi. The second kappa shape index (κ2) is 17.9. The van der Waals surface area contributed by atoms with Crippen LogP contribution in [0.3, 0.4) is 0 Å². The van der Waals surface area contributed by atoms with Gasteiger partial charge in [0.15, 0.2) is 0 Å². The predicted molar refractivity (Wildman–Crippen MR) is 55.6 cm³/mol. The van der Waals surface area contributed by atoms with Crippen molar-refractivity contribution < 1.29 is 26.8 Å². The molecular weight excluding hydrogens is 207 g/mol. The van der Waals surface area contributed by atoms with Gasteiger partial charge >= 0.3 is 21.7 Å².